The van der Waals surface area contributed by atoms with Gasteiger partial charge in [-0.25, -0.2) is 4.79 Å². The molecule has 0 saturated carbocycles. The minimum Gasteiger partial charge on any atom is -0.448 e. The Morgan fingerprint density at radius 3 is 1.84 bits per heavy atom. The summed E-state index contributed by atoms with van der Waals surface area (Å²) in [5.74, 6) is 0.000316. The van der Waals surface area contributed by atoms with Crippen molar-refractivity contribution in [2.75, 3.05) is 26.3 Å². The second-order valence-corrected chi connectivity index (χ2v) is 16.8. The van der Waals surface area contributed by atoms with Crippen LogP contribution in [0.25, 0.3) is 11.1 Å². The van der Waals surface area contributed by atoms with Crippen molar-refractivity contribution in [3.63, 3.8) is 0 Å². The van der Waals surface area contributed by atoms with Crippen molar-refractivity contribution < 1.29 is 18.7 Å². The molecular weight excluding hydrogens is 549 g/mol. The highest BCUT2D eigenvalue weighted by atomic mass is 28.4. The van der Waals surface area contributed by atoms with Crippen molar-refractivity contribution in [2.45, 2.75) is 43.8 Å². The van der Waals surface area contributed by atoms with Crippen molar-refractivity contribution in [1.29, 1.82) is 0 Å². The van der Waals surface area contributed by atoms with E-state index < -0.39 is 14.3 Å². The molecule has 4 aromatic rings. The number of fused-ring (bicyclic) bond motifs is 3. The van der Waals surface area contributed by atoms with Crippen LogP contribution in [-0.4, -0.2) is 65.6 Å². The molecule has 5 nitrogen and oxygen atoms in total. The molecule has 43 heavy (non-hydrogen) atoms. The Balaban J connectivity index is 1.18. The summed E-state index contributed by atoms with van der Waals surface area (Å²) in [5.41, 5.74) is 4.78. The lowest BCUT2D eigenvalue weighted by Gasteiger charge is -2.45. The quantitative estimate of drug-likeness (QED) is 0.260. The molecule has 1 aliphatic heterocycles. The van der Waals surface area contributed by atoms with Crippen LogP contribution in [0.15, 0.2) is 109 Å². The largest absolute Gasteiger partial charge is 0.448 e. The average molecular weight is 588 g/mol. The first-order chi connectivity index (χ1) is 20.8. The zero-order chi connectivity index (χ0) is 30.0. The van der Waals surface area contributed by atoms with E-state index in [1.807, 2.05) is 36.4 Å². The maximum absolute atomic E-state index is 13.4. The number of morpholine rings is 1. The summed E-state index contributed by atoms with van der Waals surface area (Å²) in [6.45, 7) is 7.94. The maximum atomic E-state index is 13.4. The van der Waals surface area contributed by atoms with Gasteiger partial charge >= 0.3 is 6.09 Å². The van der Waals surface area contributed by atoms with Crippen molar-refractivity contribution in [1.82, 2.24) is 4.90 Å². The van der Waals surface area contributed by atoms with Gasteiger partial charge in [-0.1, -0.05) is 130 Å². The number of rotatable bonds is 7. The third kappa shape index (κ3) is 5.69. The lowest BCUT2D eigenvalue weighted by atomic mass is 9.97. The molecule has 4 aromatic carbocycles. The lowest BCUT2D eigenvalue weighted by molar-refractivity contribution is -0.0644. The van der Waals surface area contributed by atoms with Crippen LogP contribution in [0.4, 0.5) is 4.79 Å². The summed E-state index contributed by atoms with van der Waals surface area (Å²) < 4.78 is 19.2. The predicted molar refractivity (Wildman–Crippen MR) is 175 cm³/mol. The molecule has 1 heterocycles. The van der Waals surface area contributed by atoms with Crippen molar-refractivity contribution in [2.24, 2.45) is 0 Å². The molecule has 0 bridgehead atoms. The highest BCUT2D eigenvalue weighted by molar-refractivity contribution is 6.99. The summed E-state index contributed by atoms with van der Waals surface area (Å²) in [7, 11) is 3.57. The second kappa shape index (κ2) is 12.2. The van der Waals surface area contributed by atoms with E-state index in [9.17, 15) is 4.79 Å². The van der Waals surface area contributed by atoms with E-state index in [1.54, 1.807) is 4.90 Å². The lowest BCUT2D eigenvalue weighted by Crippen LogP contribution is -2.67. The number of amides is 1. The van der Waals surface area contributed by atoms with Crippen molar-refractivity contribution >= 4 is 32.6 Å². The highest BCUT2D eigenvalue weighted by Gasteiger charge is 2.50. The molecule has 2 radical (unpaired) electrons. The van der Waals surface area contributed by atoms with E-state index >= 15 is 0 Å². The number of carbonyl (C=O) groups is 1. The van der Waals surface area contributed by atoms with Crippen LogP contribution < -0.4 is 10.4 Å². The monoisotopic (exact) mass is 587 g/mol. The smallest absolute Gasteiger partial charge is 0.409 e. The Labute approximate surface area is 257 Å². The van der Waals surface area contributed by atoms with E-state index in [4.69, 9.17) is 21.7 Å². The SMILES string of the molecule is [B]C1CN(C(=O)OCC2c3ccccc3-c3ccccc32)CC(CO[Si](c2ccccc2)(c2ccccc2)C(C)(C)C)O1. The molecule has 1 amide bonds. The number of carbonyl (C=O) groups excluding carboxylic acids is 1. The topological polar surface area (TPSA) is 48.0 Å². The average Bonchev–Trinajstić information content (AvgIpc) is 3.34. The number of ether oxygens (including phenoxy) is 2. The first-order valence-electron chi connectivity index (χ1n) is 15.0. The van der Waals surface area contributed by atoms with Gasteiger partial charge in [0.1, 0.15) is 14.5 Å². The summed E-state index contributed by atoms with van der Waals surface area (Å²) >= 11 is 0. The van der Waals surface area contributed by atoms with Gasteiger partial charge in [-0.15, -0.1) is 0 Å². The highest BCUT2D eigenvalue weighted by Crippen LogP contribution is 2.44. The molecule has 0 spiro atoms. The Hall–Kier alpha value is -3.65. The molecule has 6 rings (SSSR count). The minimum absolute atomic E-state index is 0.000316. The number of benzene rings is 4. The van der Waals surface area contributed by atoms with Crippen LogP contribution in [0.5, 0.6) is 0 Å². The fourth-order valence-corrected chi connectivity index (χ4v) is 11.4. The van der Waals surface area contributed by atoms with Gasteiger partial charge in [0.2, 0.25) is 0 Å². The Morgan fingerprint density at radius 2 is 1.30 bits per heavy atom. The van der Waals surface area contributed by atoms with Crippen LogP contribution in [0, 0.1) is 0 Å². The fourth-order valence-electron chi connectivity index (χ4n) is 6.78. The predicted octanol–water partition coefficient (Wildman–Crippen LogP) is 5.71. The zero-order valence-electron chi connectivity index (χ0n) is 25.1. The van der Waals surface area contributed by atoms with Gasteiger partial charge in [0.25, 0.3) is 8.32 Å². The molecule has 1 fully saturated rings. The number of hydrogen-bond donors (Lipinski definition) is 0. The van der Waals surface area contributed by atoms with Gasteiger partial charge in [-0.2, -0.15) is 0 Å². The van der Waals surface area contributed by atoms with Crippen molar-refractivity contribution in [3.8, 4) is 11.1 Å². The van der Waals surface area contributed by atoms with Gasteiger partial charge in [0.05, 0.1) is 19.3 Å². The maximum Gasteiger partial charge on any atom is 0.409 e. The van der Waals surface area contributed by atoms with Gasteiger partial charge in [0, 0.05) is 18.5 Å². The van der Waals surface area contributed by atoms with Crippen LogP contribution in [0.1, 0.15) is 37.8 Å². The zero-order valence-corrected chi connectivity index (χ0v) is 26.1. The molecule has 1 aliphatic carbocycles. The van der Waals surface area contributed by atoms with E-state index in [1.165, 1.54) is 32.6 Å². The molecule has 1 saturated heterocycles. The van der Waals surface area contributed by atoms with Crippen molar-refractivity contribution in [3.05, 3.63) is 120 Å². The second-order valence-electron chi connectivity index (χ2n) is 12.5. The first kappa shape index (κ1) is 29.4. The molecule has 0 N–H and O–H groups in total. The molecule has 0 aromatic heterocycles. The Morgan fingerprint density at radius 1 is 0.791 bits per heavy atom. The van der Waals surface area contributed by atoms with Crippen LogP contribution >= 0.6 is 0 Å². The third-order valence-corrected chi connectivity index (χ3v) is 13.7. The van der Waals surface area contributed by atoms with E-state index in [-0.39, 0.29) is 36.3 Å². The van der Waals surface area contributed by atoms with Crippen LogP contribution in [0.3, 0.4) is 0 Å². The summed E-state index contributed by atoms with van der Waals surface area (Å²) in [4.78, 5) is 15.1. The molecular formula is C36H38BNO4Si. The van der Waals surface area contributed by atoms with Crippen LogP contribution in [-0.2, 0) is 13.9 Å². The van der Waals surface area contributed by atoms with E-state index in [0.717, 1.165) is 0 Å². The molecule has 218 valence electrons. The standard InChI is InChI=1S/C36H38BNO4Si/c1-36(2,3)43(27-14-6-4-7-15-27,28-16-8-5-9-17-28)41-24-26-22-38(23-34(37)42-26)35(39)40-25-33-31-20-12-10-18-29(31)30-19-11-13-21-32(30)33/h4-21,26,33-34H,22-25H2,1-3H3. The van der Waals surface area contributed by atoms with E-state index in [2.05, 4.69) is 93.6 Å². The molecule has 7 heteroatoms. The van der Waals surface area contributed by atoms with Gasteiger partial charge in [0.15, 0.2) is 0 Å². The minimum atomic E-state index is -2.76. The Kier molecular flexibility index (Phi) is 8.32. The summed E-state index contributed by atoms with van der Waals surface area (Å²) in [6.07, 6.45) is -0.762. The first-order valence-corrected chi connectivity index (χ1v) is 16.9. The van der Waals surface area contributed by atoms with Gasteiger partial charge in [-0.3, -0.25) is 0 Å². The normalized spacial score (nSPS) is 18.6. The van der Waals surface area contributed by atoms with Gasteiger partial charge < -0.3 is 18.8 Å². The fraction of sp³-hybridized carbons (Fsp3) is 0.306. The van der Waals surface area contributed by atoms with Gasteiger partial charge in [-0.05, 0) is 37.7 Å². The molecule has 2 unspecified atom stereocenters. The Bertz CT molecular complexity index is 1470. The number of hydrogen-bond acceptors (Lipinski definition) is 4. The van der Waals surface area contributed by atoms with E-state index in [0.29, 0.717) is 13.2 Å². The molecule has 2 aliphatic rings. The summed E-state index contributed by atoms with van der Waals surface area (Å²) in [6, 6.07) is 37.1. The number of nitrogens with zero attached hydrogens (tertiary/aromatic N) is 1. The van der Waals surface area contributed by atoms with Crippen LogP contribution in [0.2, 0.25) is 5.04 Å². The third-order valence-electron chi connectivity index (χ3n) is 8.69. The summed E-state index contributed by atoms with van der Waals surface area (Å²) in [5, 5.41) is 2.23. The molecule has 2 atom stereocenters.